The molecule has 5 heteroatoms. The molecule has 0 atom stereocenters. The highest BCUT2D eigenvalue weighted by Gasteiger charge is 2.13. The number of imidazole rings is 1. The van der Waals surface area contributed by atoms with Gasteiger partial charge >= 0.3 is 0 Å². The van der Waals surface area contributed by atoms with Crippen LogP contribution in [0.2, 0.25) is 0 Å². The van der Waals surface area contributed by atoms with Gasteiger partial charge in [-0.3, -0.25) is 4.79 Å². The number of aryl methyl sites for hydroxylation is 2. The SMILES string of the molecule is Cc1ccc(C(=O)NCCc2nc3ccccc3n2CCOc2ccc(C(C)C)cc2)c(C)c1. The molecule has 1 N–H and O–H groups in total. The summed E-state index contributed by atoms with van der Waals surface area (Å²) in [6.45, 7) is 10.1. The first-order chi connectivity index (χ1) is 16.4. The molecule has 0 fully saturated rings. The van der Waals surface area contributed by atoms with Crippen LogP contribution in [-0.2, 0) is 13.0 Å². The number of fused-ring (bicyclic) bond motifs is 1. The average Bonchev–Trinajstić information content (AvgIpc) is 3.16. The van der Waals surface area contributed by atoms with E-state index >= 15 is 0 Å². The second kappa shape index (κ2) is 10.6. The van der Waals surface area contributed by atoms with Gasteiger partial charge in [0.15, 0.2) is 0 Å². The fourth-order valence-electron chi connectivity index (χ4n) is 4.22. The Hall–Kier alpha value is -3.60. The molecule has 34 heavy (non-hydrogen) atoms. The fourth-order valence-corrected chi connectivity index (χ4v) is 4.22. The third-order valence-electron chi connectivity index (χ3n) is 6.12. The number of hydrogen-bond acceptors (Lipinski definition) is 3. The lowest BCUT2D eigenvalue weighted by atomic mass is 10.0. The van der Waals surface area contributed by atoms with Crippen molar-refractivity contribution >= 4 is 16.9 Å². The number of aromatic nitrogens is 2. The molecule has 3 aromatic carbocycles. The summed E-state index contributed by atoms with van der Waals surface area (Å²) in [6.07, 6.45) is 0.647. The van der Waals surface area contributed by atoms with E-state index < -0.39 is 0 Å². The van der Waals surface area contributed by atoms with E-state index in [1.165, 1.54) is 5.56 Å². The Morgan fingerprint density at radius 1 is 1.03 bits per heavy atom. The van der Waals surface area contributed by atoms with Gasteiger partial charge in [-0.15, -0.1) is 0 Å². The first-order valence-corrected chi connectivity index (χ1v) is 11.9. The van der Waals surface area contributed by atoms with E-state index in [4.69, 9.17) is 9.72 Å². The molecule has 1 amide bonds. The van der Waals surface area contributed by atoms with Crippen molar-refractivity contribution in [1.29, 1.82) is 0 Å². The molecule has 0 spiro atoms. The Morgan fingerprint density at radius 3 is 2.53 bits per heavy atom. The van der Waals surface area contributed by atoms with Crippen LogP contribution < -0.4 is 10.1 Å². The van der Waals surface area contributed by atoms with Crippen molar-refractivity contribution < 1.29 is 9.53 Å². The first-order valence-electron chi connectivity index (χ1n) is 11.9. The van der Waals surface area contributed by atoms with Crippen molar-refractivity contribution in [2.45, 2.75) is 46.6 Å². The Kier molecular flexibility index (Phi) is 7.31. The van der Waals surface area contributed by atoms with Gasteiger partial charge in [0.2, 0.25) is 0 Å². The zero-order valence-electron chi connectivity index (χ0n) is 20.5. The van der Waals surface area contributed by atoms with Gasteiger partial charge in [-0.2, -0.15) is 0 Å². The van der Waals surface area contributed by atoms with E-state index in [2.05, 4.69) is 41.9 Å². The molecule has 0 aliphatic heterocycles. The smallest absolute Gasteiger partial charge is 0.251 e. The number of carbonyl (C=O) groups excluding carboxylic acids is 1. The molecule has 1 aromatic heterocycles. The lowest BCUT2D eigenvalue weighted by Gasteiger charge is -2.12. The van der Waals surface area contributed by atoms with Gasteiger partial charge < -0.3 is 14.6 Å². The minimum absolute atomic E-state index is 0.0478. The Balaban J connectivity index is 1.41. The molecule has 4 rings (SSSR count). The van der Waals surface area contributed by atoms with E-state index in [1.54, 1.807) is 0 Å². The number of carbonyl (C=O) groups is 1. The Bertz CT molecular complexity index is 1270. The van der Waals surface area contributed by atoms with Crippen LogP contribution in [-0.4, -0.2) is 28.6 Å². The van der Waals surface area contributed by atoms with Crippen molar-refractivity contribution in [3.8, 4) is 5.75 Å². The normalized spacial score (nSPS) is 11.2. The topological polar surface area (TPSA) is 56.2 Å². The highest BCUT2D eigenvalue weighted by atomic mass is 16.5. The van der Waals surface area contributed by atoms with Crippen LogP contribution in [0.3, 0.4) is 0 Å². The summed E-state index contributed by atoms with van der Waals surface area (Å²) in [5, 5.41) is 3.05. The summed E-state index contributed by atoms with van der Waals surface area (Å²) < 4.78 is 8.22. The van der Waals surface area contributed by atoms with E-state index in [0.29, 0.717) is 32.0 Å². The zero-order valence-corrected chi connectivity index (χ0v) is 20.5. The fraction of sp³-hybridized carbons (Fsp3) is 0.310. The van der Waals surface area contributed by atoms with Crippen molar-refractivity contribution in [2.75, 3.05) is 13.2 Å². The monoisotopic (exact) mass is 455 g/mol. The molecular weight excluding hydrogens is 422 g/mol. The van der Waals surface area contributed by atoms with Crippen molar-refractivity contribution in [1.82, 2.24) is 14.9 Å². The summed E-state index contributed by atoms with van der Waals surface area (Å²) in [7, 11) is 0. The van der Waals surface area contributed by atoms with Gasteiger partial charge in [-0.25, -0.2) is 4.98 Å². The quantitative estimate of drug-likeness (QED) is 0.346. The summed E-state index contributed by atoms with van der Waals surface area (Å²) in [5.74, 6) is 2.27. The Morgan fingerprint density at radius 2 is 1.79 bits per heavy atom. The van der Waals surface area contributed by atoms with Gasteiger partial charge in [0.25, 0.3) is 5.91 Å². The number of nitrogens with one attached hydrogen (secondary N) is 1. The summed E-state index contributed by atoms with van der Waals surface area (Å²) in [6, 6.07) is 22.3. The van der Waals surface area contributed by atoms with E-state index in [9.17, 15) is 4.79 Å². The number of ether oxygens (including phenoxy) is 1. The predicted octanol–water partition coefficient (Wildman–Crippen LogP) is 5.83. The minimum Gasteiger partial charge on any atom is -0.492 e. The lowest BCUT2D eigenvalue weighted by molar-refractivity contribution is 0.0953. The Labute approximate surface area is 201 Å². The standard InChI is InChI=1S/C29H33N3O2/c1-20(2)23-10-12-24(13-11-23)34-18-17-32-27-8-6-5-7-26(27)31-28(32)15-16-30-29(33)25-14-9-21(3)19-22(25)4/h5-14,19-20H,15-18H2,1-4H3,(H,30,33). The zero-order chi connectivity index (χ0) is 24.1. The molecule has 0 saturated carbocycles. The maximum absolute atomic E-state index is 12.7. The maximum atomic E-state index is 12.7. The second-order valence-electron chi connectivity index (χ2n) is 9.06. The first kappa shape index (κ1) is 23.6. The third-order valence-corrected chi connectivity index (χ3v) is 6.12. The van der Waals surface area contributed by atoms with Crippen LogP contribution in [0.5, 0.6) is 5.75 Å². The molecule has 0 unspecified atom stereocenters. The molecule has 0 saturated heterocycles. The molecule has 0 aliphatic carbocycles. The highest BCUT2D eigenvalue weighted by molar-refractivity contribution is 5.95. The highest BCUT2D eigenvalue weighted by Crippen LogP contribution is 2.20. The summed E-state index contributed by atoms with van der Waals surface area (Å²) in [4.78, 5) is 17.5. The third kappa shape index (κ3) is 5.48. The van der Waals surface area contributed by atoms with Crippen LogP contribution in [0.4, 0.5) is 0 Å². The largest absolute Gasteiger partial charge is 0.492 e. The molecule has 1 heterocycles. The predicted molar refractivity (Wildman–Crippen MR) is 138 cm³/mol. The summed E-state index contributed by atoms with van der Waals surface area (Å²) in [5.41, 5.74) is 6.20. The molecule has 4 aromatic rings. The van der Waals surface area contributed by atoms with Crippen LogP contribution >= 0.6 is 0 Å². The second-order valence-corrected chi connectivity index (χ2v) is 9.06. The van der Waals surface area contributed by atoms with Crippen molar-refractivity contribution in [3.05, 3.63) is 94.8 Å². The summed E-state index contributed by atoms with van der Waals surface area (Å²) >= 11 is 0. The number of nitrogens with zero attached hydrogens (tertiary/aromatic N) is 2. The van der Waals surface area contributed by atoms with Crippen LogP contribution in [0.15, 0.2) is 66.7 Å². The number of benzene rings is 3. The van der Waals surface area contributed by atoms with Gasteiger partial charge in [-0.05, 0) is 61.2 Å². The van der Waals surface area contributed by atoms with Crippen molar-refractivity contribution in [2.24, 2.45) is 0 Å². The number of para-hydroxylation sites is 2. The number of hydrogen-bond donors (Lipinski definition) is 1. The molecule has 5 nitrogen and oxygen atoms in total. The van der Waals surface area contributed by atoms with Gasteiger partial charge in [0, 0.05) is 18.5 Å². The van der Waals surface area contributed by atoms with Crippen LogP contribution in [0.1, 0.15) is 52.6 Å². The molecule has 0 aliphatic rings. The van der Waals surface area contributed by atoms with Crippen LogP contribution in [0.25, 0.3) is 11.0 Å². The molecular formula is C29H33N3O2. The molecule has 0 radical (unpaired) electrons. The molecule has 0 bridgehead atoms. The van der Waals surface area contributed by atoms with Gasteiger partial charge in [-0.1, -0.05) is 55.8 Å². The van der Waals surface area contributed by atoms with E-state index in [-0.39, 0.29) is 5.91 Å². The van der Waals surface area contributed by atoms with Crippen molar-refractivity contribution in [3.63, 3.8) is 0 Å². The minimum atomic E-state index is -0.0478. The average molecular weight is 456 g/mol. The van der Waals surface area contributed by atoms with E-state index in [1.807, 2.05) is 62.4 Å². The number of rotatable bonds is 9. The van der Waals surface area contributed by atoms with Crippen LogP contribution in [0, 0.1) is 13.8 Å². The maximum Gasteiger partial charge on any atom is 0.251 e. The van der Waals surface area contributed by atoms with E-state index in [0.717, 1.165) is 39.3 Å². The van der Waals surface area contributed by atoms with Gasteiger partial charge in [0.05, 0.1) is 17.6 Å². The lowest BCUT2D eigenvalue weighted by Crippen LogP contribution is -2.27. The number of amides is 1. The molecule has 176 valence electrons. The van der Waals surface area contributed by atoms with Gasteiger partial charge in [0.1, 0.15) is 18.2 Å².